The van der Waals surface area contributed by atoms with Crippen LogP contribution in [0.15, 0.2) is 77.7 Å². The molecular formula is C22H18ClFN2O3S. The van der Waals surface area contributed by atoms with Crippen LogP contribution >= 0.6 is 11.6 Å². The van der Waals surface area contributed by atoms with Gasteiger partial charge in [-0.15, -0.1) is 0 Å². The van der Waals surface area contributed by atoms with Gasteiger partial charge in [-0.3, -0.25) is 9.10 Å². The van der Waals surface area contributed by atoms with Crippen molar-refractivity contribution < 1.29 is 17.6 Å². The quantitative estimate of drug-likeness (QED) is 0.590. The Bertz CT molecular complexity index is 1200. The van der Waals surface area contributed by atoms with Crippen LogP contribution in [-0.2, 0) is 21.2 Å². The van der Waals surface area contributed by atoms with Gasteiger partial charge in [-0.2, -0.15) is 0 Å². The molecule has 0 saturated heterocycles. The van der Waals surface area contributed by atoms with Crippen LogP contribution in [0.25, 0.3) is 0 Å². The van der Waals surface area contributed by atoms with Crippen LogP contribution in [0.4, 0.5) is 15.8 Å². The summed E-state index contributed by atoms with van der Waals surface area (Å²) in [4.78, 5) is 14.7. The number of anilines is 2. The second-order valence-corrected chi connectivity index (χ2v) is 9.12. The third-order valence-electron chi connectivity index (χ3n) is 4.99. The molecule has 4 rings (SSSR count). The van der Waals surface area contributed by atoms with Crippen molar-refractivity contribution in [3.8, 4) is 0 Å². The van der Waals surface area contributed by atoms with E-state index in [4.69, 9.17) is 11.6 Å². The zero-order valence-electron chi connectivity index (χ0n) is 15.8. The predicted octanol–water partition coefficient (Wildman–Crippen LogP) is 4.26. The van der Waals surface area contributed by atoms with Crippen LogP contribution in [0.1, 0.15) is 5.56 Å². The number of benzene rings is 3. The normalized spacial score (nSPS) is 13.2. The number of fused-ring (bicyclic) bond motifs is 1. The molecule has 5 nitrogen and oxygen atoms in total. The van der Waals surface area contributed by atoms with E-state index in [9.17, 15) is 17.6 Å². The number of rotatable bonds is 5. The summed E-state index contributed by atoms with van der Waals surface area (Å²) >= 11 is 5.89. The summed E-state index contributed by atoms with van der Waals surface area (Å²) in [6.45, 7) is 0.0368. The molecule has 8 heteroatoms. The smallest absolute Gasteiger partial charge is 0.264 e. The van der Waals surface area contributed by atoms with Crippen molar-refractivity contribution in [2.45, 2.75) is 11.3 Å². The standard InChI is InChI=1S/C22H18ClFN2O3S/c23-19-14-17(10-11-20(19)24)26(30(28,29)18-7-2-1-3-8-18)15-22(27)25-13-12-16-6-4-5-9-21(16)25/h1-11,14H,12-13,15H2. The van der Waals surface area contributed by atoms with Crippen molar-refractivity contribution in [3.05, 3.63) is 89.2 Å². The second kappa shape index (κ2) is 8.08. The Hall–Kier alpha value is -2.90. The van der Waals surface area contributed by atoms with Gasteiger partial charge in [-0.1, -0.05) is 48.0 Å². The second-order valence-electron chi connectivity index (χ2n) is 6.85. The van der Waals surface area contributed by atoms with E-state index in [-0.39, 0.29) is 21.5 Å². The molecule has 1 aliphatic rings. The Balaban J connectivity index is 1.73. The molecule has 0 aromatic heterocycles. The van der Waals surface area contributed by atoms with Gasteiger partial charge in [0.25, 0.3) is 10.0 Å². The molecule has 0 fully saturated rings. The summed E-state index contributed by atoms with van der Waals surface area (Å²) in [5, 5.41) is -0.222. The number of carbonyl (C=O) groups excluding carboxylic acids is 1. The van der Waals surface area contributed by atoms with Crippen LogP contribution in [0, 0.1) is 5.82 Å². The first-order valence-electron chi connectivity index (χ1n) is 9.29. The Morgan fingerprint density at radius 1 is 1.03 bits per heavy atom. The van der Waals surface area contributed by atoms with E-state index < -0.39 is 22.4 Å². The molecule has 3 aromatic rings. The van der Waals surface area contributed by atoms with Gasteiger partial charge in [0.2, 0.25) is 5.91 Å². The maximum Gasteiger partial charge on any atom is 0.264 e. The minimum Gasteiger partial charge on any atom is -0.310 e. The maximum atomic E-state index is 13.7. The van der Waals surface area contributed by atoms with Gasteiger partial charge in [0.1, 0.15) is 12.4 Å². The van der Waals surface area contributed by atoms with E-state index in [2.05, 4.69) is 0 Å². The fourth-order valence-electron chi connectivity index (χ4n) is 3.48. The van der Waals surface area contributed by atoms with E-state index in [1.165, 1.54) is 24.3 Å². The molecule has 0 spiro atoms. The Kier molecular flexibility index (Phi) is 5.49. The van der Waals surface area contributed by atoms with Crippen LogP contribution in [0.3, 0.4) is 0 Å². The Labute approximate surface area is 179 Å². The lowest BCUT2D eigenvalue weighted by molar-refractivity contribution is -0.117. The third-order valence-corrected chi connectivity index (χ3v) is 7.07. The molecule has 0 unspecified atom stereocenters. The zero-order chi connectivity index (χ0) is 21.3. The molecule has 0 atom stereocenters. The van der Waals surface area contributed by atoms with Gasteiger partial charge in [-0.25, -0.2) is 12.8 Å². The van der Waals surface area contributed by atoms with Crippen molar-refractivity contribution in [2.24, 2.45) is 0 Å². The number of halogens is 2. The molecular weight excluding hydrogens is 427 g/mol. The lowest BCUT2D eigenvalue weighted by Gasteiger charge is -2.27. The number of carbonyl (C=O) groups is 1. The monoisotopic (exact) mass is 444 g/mol. The fourth-order valence-corrected chi connectivity index (χ4v) is 5.08. The molecule has 3 aromatic carbocycles. The van der Waals surface area contributed by atoms with Crippen molar-refractivity contribution >= 4 is 38.9 Å². The third kappa shape index (κ3) is 3.78. The summed E-state index contributed by atoms with van der Waals surface area (Å²) in [6.07, 6.45) is 0.704. The molecule has 0 aliphatic carbocycles. The Morgan fingerprint density at radius 3 is 2.47 bits per heavy atom. The topological polar surface area (TPSA) is 57.7 Å². The first kappa shape index (κ1) is 20.4. The van der Waals surface area contributed by atoms with Gasteiger partial charge in [0.05, 0.1) is 15.6 Å². The highest BCUT2D eigenvalue weighted by Crippen LogP contribution is 2.30. The lowest BCUT2D eigenvalue weighted by Crippen LogP contribution is -2.42. The van der Waals surface area contributed by atoms with Crippen molar-refractivity contribution in [1.82, 2.24) is 0 Å². The highest BCUT2D eigenvalue weighted by atomic mass is 35.5. The molecule has 0 bridgehead atoms. The number of sulfonamides is 1. The molecule has 1 aliphatic heterocycles. The molecule has 0 radical (unpaired) electrons. The van der Waals surface area contributed by atoms with E-state index >= 15 is 0 Å². The van der Waals surface area contributed by atoms with Crippen molar-refractivity contribution in [2.75, 3.05) is 22.3 Å². The maximum absolute atomic E-state index is 13.7. The molecule has 30 heavy (non-hydrogen) atoms. The van der Waals surface area contributed by atoms with E-state index in [1.807, 2.05) is 24.3 Å². The van der Waals surface area contributed by atoms with E-state index in [0.717, 1.165) is 21.6 Å². The van der Waals surface area contributed by atoms with Gasteiger partial charge in [-0.05, 0) is 48.4 Å². The lowest BCUT2D eigenvalue weighted by atomic mass is 10.2. The minimum atomic E-state index is -4.08. The number of para-hydroxylation sites is 1. The predicted molar refractivity (Wildman–Crippen MR) is 115 cm³/mol. The average molecular weight is 445 g/mol. The fraction of sp³-hybridized carbons (Fsp3) is 0.136. The summed E-state index contributed by atoms with van der Waals surface area (Å²) < 4.78 is 41.3. The molecule has 1 amide bonds. The number of hydrogen-bond donors (Lipinski definition) is 0. The molecule has 0 saturated carbocycles. The minimum absolute atomic E-state index is 0.0278. The van der Waals surface area contributed by atoms with Gasteiger partial charge >= 0.3 is 0 Å². The summed E-state index contributed by atoms with van der Waals surface area (Å²) in [5.74, 6) is -1.04. The van der Waals surface area contributed by atoms with Crippen LogP contribution in [-0.4, -0.2) is 27.4 Å². The number of hydrogen-bond acceptors (Lipinski definition) is 3. The first-order chi connectivity index (χ1) is 14.4. The van der Waals surface area contributed by atoms with Crippen LogP contribution in [0.5, 0.6) is 0 Å². The van der Waals surface area contributed by atoms with Crippen molar-refractivity contribution in [1.29, 1.82) is 0 Å². The van der Waals surface area contributed by atoms with Crippen LogP contribution in [0.2, 0.25) is 5.02 Å². The molecule has 1 heterocycles. The molecule has 154 valence electrons. The zero-order valence-corrected chi connectivity index (χ0v) is 17.4. The molecule has 0 N–H and O–H groups in total. The largest absolute Gasteiger partial charge is 0.310 e. The highest BCUT2D eigenvalue weighted by Gasteiger charge is 2.31. The van der Waals surface area contributed by atoms with Gasteiger partial charge in [0, 0.05) is 12.2 Å². The SMILES string of the molecule is O=C(CN(c1ccc(F)c(Cl)c1)S(=O)(=O)c1ccccc1)N1CCc2ccccc21. The van der Waals surface area contributed by atoms with Crippen LogP contribution < -0.4 is 9.21 Å². The van der Waals surface area contributed by atoms with Gasteiger partial charge in [0.15, 0.2) is 0 Å². The average Bonchev–Trinajstić information content (AvgIpc) is 3.19. The number of amides is 1. The first-order valence-corrected chi connectivity index (χ1v) is 11.1. The van der Waals surface area contributed by atoms with E-state index in [0.29, 0.717) is 13.0 Å². The number of nitrogens with zero attached hydrogens (tertiary/aromatic N) is 2. The summed E-state index contributed by atoms with van der Waals surface area (Å²) in [5.41, 5.74) is 1.93. The van der Waals surface area contributed by atoms with Gasteiger partial charge < -0.3 is 4.90 Å². The Morgan fingerprint density at radius 2 is 1.73 bits per heavy atom. The van der Waals surface area contributed by atoms with Crippen molar-refractivity contribution in [3.63, 3.8) is 0 Å². The highest BCUT2D eigenvalue weighted by molar-refractivity contribution is 7.92. The summed E-state index contributed by atoms with van der Waals surface area (Å²) in [7, 11) is -4.08. The summed E-state index contributed by atoms with van der Waals surface area (Å²) in [6, 6.07) is 18.9. The van der Waals surface area contributed by atoms with E-state index in [1.54, 1.807) is 23.1 Å².